The van der Waals surface area contributed by atoms with Gasteiger partial charge >= 0.3 is 6.18 Å². The SMILES string of the molecule is CC1=CN(C2CC2)C(C(F)(F)F)N1CC1CCC(F)(F)CC1. The Bertz CT molecular complexity index is 445. The lowest BCUT2D eigenvalue weighted by Crippen LogP contribution is -2.52. The first kappa shape index (κ1) is 15.9. The molecule has 0 radical (unpaired) electrons. The molecule has 7 heteroatoms. The van der Waals surface area contributed by atoms with E-state index in [1.165, 1.54) is 9.80 Å². The summed E-state index contributed by atoms with van der Waals surface area (Å²) in [5.74, 6) is -2.73. The summed E-state index contributed by atoms with van der Waals surface area (Å²) >= 11 is 0. The van der Waals surface area contributed by atoms with E-state index in [1.807, 2.05) is 0 Å². The molecule has 0 saturated heterocycles. The fraction of sp³-hybridized carbons (Fsp3) is 0.867. The summed E-state index contributed by atoms with van der Waals surface area (Å²) in [6.07, 6.45) is -2.62. The molecule has 1 heterocycles. The minimum Gasteiger partial charge on any atom is -0.346 e. The van der Waals surface area contributed by atoms with Gasteiger partial charge in [0.1, 0.15) is 0 Å². The minimum absolute atomic E-state index is 0.0257. The van der Waals surface area contributed by atoms with E-state index in [0.717, 1.165) is 12.8 Å². The van der Waals surface area contributed by atoms with E-state index in [4.69, 9.17) is 0 Å². The lowest BCUT2D eigenvalue weighted by atomic mass is 9.86. The molecule has 0 amide bonds. The number of allylic oxidation sites excluding steroid dienone is 1. The van der Waals surface area contributed by atoms with Gasteiger partial charge in [-0.1, -0.05) is 0 Å². The van der Waals surface area contributed by atoms with E-state index in [0.29, 0.717) is 18.5 Å². The Morgan fingerprint density at radius 2 is 1.73 bits per heavy atom. The summed E-state index contributed by atoms with van der Waals surface area (Å²) < 4.78 is 66.8. The van der Waals surface area contributed by atoms with Gasteiger partial charge in [0.25, 0.3) is 0 Å². The number of halogens is 5. The van der Waals surface area contributed by atoms with Gasteiger partial charge in [0.15, 0.2) is 6.17 Å². The number of hydrogen-bond acceptors (Lipinski definition) is 2. The van der Waals surface area contributed by atoms with Crippen LogP contribution in [-0.4, -0.2) is 40.7 Å². The Balaban J connectivity index is 1.70. The summed E-state index contributed by atoms with van der Waals surface area (Å²) in [5.41, 5.74) is 0.589. The highest BCUT2D eigenvalue weighted by Gasteiger charge is 2.53. The van der Waals surface area contributed by atoms with Crippen molar-refractivity contribution in [2.45, 2.75) is 69.8 Å². The van der Waals surface area contributed by atoms with Crippen molar-refractivity contribution < 1.29 is 22.0 Å². The van der Waals surface area contributed by atoms with Gasteiger partial charge in [-0.05, 0) is 38.5 Å². The van der Waals surface area contributed by atoms with Crippen LogP contribution in [0.25, 0.3) is 0 Å². The van der Waals surface area contributed by atoms with Crippen LogP contribution in [0.15, 0.2) is 11.9 Å². The molecule has 0 spiro atoms. The Labute approximate surface area is 126 Å². The number of hydrogen-bond donors (Lipinski definition) is 0. The summed E-state index contributed by atoms with van der Waals surface area (Å²) in [7, 11) is 0. The summed E-state index contributed by atoms with van der Waals surface area (Å²) in [4.78, 5) is 2.78. The molecule has 0 aromatic carbocycles. The molecule has 1 aliphatic heterocycles. The predicted octanol–water partition coefficient (Wildman–Crippen LogP) is 4.34. The molecule has 0 N–H and O–H groups in total. The van der Waals surface area contributed by atoms with Crippen molar-refractivity contribution in [2.75, 3.05) is 6.54 Å². The molecule has 0 aromatic heterocycles. The van der Waals surface area contributed by atoms with Crippen LogP contribution >= 0.6 is 0 Å². The normalized spacial score (nSPS) is 29.9. The average molecular weight is 324 g/mol. The molecule has 22 heavy (non-hydrogen) atoms. The topological polar surface area (TPSA) is 6.48 Å². The highest BCUT2D eigenvalue weighted by atomic mass is 19.4. The molecule has 0 bridgehead atoms. The summed E-state index contributed by atoms with van der Waals surface area (Å²) in [5, 5.41) is 0. The van der Waals surface area contributed by atoms with Crippen LogP contribution in [0.5, 0.6) is 0 Å². The van der Waals surface area contributed by atoms with E-state index in [-0.39, 0.29) is 31.3 Å². The van der Waals surface area contributed by atoms with Crippen LogP contribution in [0.1, 0.15) is 45.4 Å². The van der Waals surface area contributed by atoms with Gasteiger partial charge in [-0.15, -0.1) is 0 Å². The van der Waals surface area contributed by atoms with Crippen molar-refractivity contribution in [3.8, 4) is 0 Å². The molecule has 2 nitrogen and oxygen atoms in total. The molecule has 2 fully saturated rings. The third kappa shape index (κ3) is 3.18. The highest BCUT2D eigenvalue weighted by molar-refractivity contribution is 5.13. The van der Waals surface area contributed by atoms with Crippen LogP contribution < -0.4 is 0 Å². The Kier molecular flexibility index (Phi) is 3.80. The van der Waals surface area contributed by atoms with Crippen LogP contribution in [0.4, 0.5) is 22.0 Å². The predicted molar refractivity (Wildman–Crippen MR) is 72.1 cm³/mol. The van der Waals surface area contributed by atoms with Crippen molar-refractivity contribution in [1.82, 2.24) is 9.80 Å². The monoisotopic (exact) mass is 324 g/mol. The molecule has 0 aromatic rings. The quantitative estimate of drug-likeness (QED) is 0.713. The van der Waals surface area contributed by atoms with Gasteiger partial charge in [0.2, 0.25) is 5.92 Å². The minimum atomic E-state index is -4.34. The molecule has 1 unspecified atom stereocenters. The van der Waals surface area contributed by atoms with Crippen molar-refractivity contribution >= 4 is 0 Å². The van der Waals surface area contributed by atoms with Gasteiger partial charge < -0.3 is 9.80 Å². The second kappa shape index (κ2) is 5.27. The average Bonchev–Trinajstić information content (AvgIpc) is 3.17. The second-order valence-corrected chi connectivity index (χ2v) is 6.82. The van der Waals surface area contributed by atoms with E-state index in [2.05, 4.69) is 0 Å². The first-order valence-electron chi connectivity index (χ1n) is 7.84. The zero-order valence-corrected chi connectivity index (χ0v) is 12.5. The van der Waals surface area contributed by atoms with Crippen molar-refractivity contribution in [1.29, 1.82) is 0 Å². The third-order valence-electron chi connectivity index (χ3n) is 4.92. The smallest absolute Gasteiger partial charge is 0.346 e. The standard InChI is InChI=1S/C15H21F5N2/c1-10-8-22(12-2-3-12)13(15(18,19)20)21(10)9-11-4-6-14(16,17)7-5-11/h8,11-13H,2-7,9H2,1H3. The molecule has 126 valence electrons. The maximum Gasteiger partial charge on any atom is 0.427 e. The van der Waals surface area contributed by atoms with E-state index in [9.17, 15) is 22.0 Å². The highest BCUT2D eigenvalue weighted by Crippen LogP contribution is 2.43. The van der Waals surface area contributed by atoms with Gasteiger partial charge in [-0.2, -0.15) is 13.2 Å². The molecule has 2 aliphatic carbocycles. The summed E-state index contributed by atoms with van der Waals surface area (Å²) in [6, 6.07) is -0.0257. The zero-order chi connectivity index (χ0) is 16.1. The molecule has 1 atom stereocenters. The van der Waals surface area contributed by atoms with Crippen LogP contribution in [-0.2, 0) is 0 Å². The summed E-state index contributed by atoms with van der Waals surface area (Å²) in [6.45, 7) is 1.89. The van der Waals surface area contributed by atoms with Crippen molar-refractivity contribution in [3.63, 3.8) is 0 Å². The fourth-order valence-electron chi connectivity index (χ4n) is 3.54. The van der Waals surface area contributed by atoms with Crippen LogP contribution in [0.2, 0.25) is 0 Å². The zero-order valence-electron chi connectivity index (χ0n) is 12.5. The van der Waals surface area contributed by atoms with Gasteiger partial charge in [-0.25, -0.2) is 8.78 Å². The second-order valence-electron chi connectivity index (χ2n) is 6.82. The molecular formula is C15H21F5N2. The van der Waals surface area contributed by atoms with E-state index < -0.39 is 18.3 Å². The van der Waals surface area contributed by atoms with Crippen molar-refractivity contribution in [2.24, 2.45) is 5.92 Å². The maximum absolute atomic E-state index is 13.5. The molecule has 3 rings (SSSR count). The molecule has 3 aliphatic rings. The third-order valence-corrected chi connectivity index (χ3v) is 4.92. The van der Waals surface area contributed by atoms with E-state index in [1.54, 1.807) is 13.1 Å². The Morgan fingerprint density at radius 1 is 1.14 bits per heavy atom. The largest absolute Gasteiger partial charge is 0.427 e. The Morgan fingerprint density at radius 3 is 2.23 bits per heavy atom. The Hall–Kier alpha value is -1.01. The number of rotatable bonds is 3. The van der Waals surface area contributed by atoms with Gasteiger partial charge in [-0.3, -0.25) is 0 Å². The first-order valence-corrected chi connectivity index (χ1v) is 7.84. The number of alkyl halides is 5. The van der Waals surface area contributed by atoms with Crippen molar-refractivity contribution in [3.05, 3.63) is 11.9 Å². The van der Waals surface area contributed by atoms with E-state index >= 15 is 0 Å². The lowest BCUT2D eigenvalue weighted by Gasteiger charge is -2.38. The van der Waals surface area contributed by atoms with Gasteiger partial charge in [0, 0.05) is 37.3 Å². The van der Waals surface area contributed by atoms with Gasteiger partial charge in [0.05, 0.1) is 0 Å². The fourth-order valence-corrected chi connectivity index (χ4v) is 3.54. The van der Waals surface area contributed by atoms with Crippen LogP contribution in [0.3, 0.4) is 0 Å². The maximum atomic E-state index is 13.5. The number of nitrogens with zero attached hydrogens (tertiary/aromatic N) is 2. The molecular weight excluding hydrogens is 303 g/mol. The first-order chi connectivity index (χ1) is 10.2. The van der Waals surface area contributed by atoms with Crippen LogP contribution in [0, 0.1) is 5.92 Å². The lowest BCUT2D eigenvalue weighted by molar-refractivity contribution is -0.209. The molecule has 2 saturated carbocycles.